The van der Waals surface area contributed by atoms with Crippen LogP contribution in [-0.4, -0.2) is 160 Å². The zero-order chi connectivity index (χ0) is 54.5. The molecular formula is C50H70N12O13. The number of pyridine rings is 1. The molecule has 4 rings (SSSR count). The molecule has 1 aliphatic carbocycles. The lowest BCUT2D eigenvalue weighted by Gasteiger charge is -2.32. The monoisotopic (exact) mass is 1050 g/mol. The maximum atomic E-state index is 14.5. The van der Waals surface area contributed by atoms with E-state index >= 15 is 0 Å². The molecule has 2 fully saturated rings. The summed E-state index contributed by atoms with van der Waals surface area (Å²) in [6.07, 6.45) is 5.84. The molecule has 2 aromatic rings. The number of ether oxygens (including phenoxy) is 3. The number of aromatic nitrogens is 1. The molecule has 0 unspecified atom stereocenters. The number of carbonyl (C=O) groups is 10. The van der Waals surface area contributed by atoms with Gasteiger partial charge in [-0.3, -0.25) is 52.9 Å². The molecule has 1 aromatic carbocycles. The van der Waals surface area contributed by atoms with Crippen molar-refractivity contribution >= 4 is 59.1 Å². The minimum atomic E-state index is -1.47. The van der Waals surface area contributed by atoms with Crippen molar-refractivity contribution in [2.24, 2.45) is 17.6 Å². The average Bonchev–Trinajstić information content (AvgIpc) is 3.38. The highest BCUT2D eigenvalue weighted by atomic mass is 16.5. The lowest BCUT2D eigenvalue weighted by molar-refractivity contribution is -0.135. The molecule has 1 aliphatic heterocycles. The van der Waals surface area contributed by atoms with Crippen LogP contribution in [-0.2, 0) is 75.0 Å². The number of carbonyl (C=O) groups excluding carboxylic acids is 10. The summed E-state index contributed by atoms with van der Waals surface area (Å²) in [4.78, 5) is 138. The molecule has 2 heterocycles. The summed E-state index contributed by atoms with van der Waals surface area (Å²) >= 11 is 0. The highest BCUT2D eigenvalue weighted by Gasteiger charge is 2.36. The van der Waals surface area contributed by atoms with E-state index in [-0.39, 0.29) is 76.2 Å². The molecule has 408 valence electrons. The Morgan fingerprint density at radius 2 is 1.23 bits per heavy atom. The lowest BCUT2D eigenvalue weighted by atomic mass is 9.83. The number of nitriles is 1. The highest BCUT2D eigenvalue weighted by Crippen LogP contribution is 2.27. The Morgan fingerprint density at radius 1 is 0.640 bits per heavy atom. The lowest BCUT2D eigenvalue weighted by Crippen LogP contribution is -2.60. The van der Waals surface area contributed by atoms with Crippen LogP contribution in [0.3, 0.4) is 0 Å². The molecule has 75 heavy (non-hydrogen) atoms. The Kier molecular flexibility index (Phi) is 26.1. The average molecular weight is 1050 g/mol. The third-order valence-corrected chi connectivity index (χ3v) is 11.9. The number of nitrogens with two attached hydrogens (primary N) is 1. The quantitative estimate of drug-likeness (QED) is 0.121. The van der Waals surface area contributed by atoms with Gasteiger partial charge in [0.25, 0.3) is 0 Å². The number of amides is 10. The molecule has 0 spiro atoms. The first kappa shape index (κ1) is 60.0. The molecule has 5 atom stereocenters. The van der Waals surface area contributed by atoms with Gasteiger partial charge in [-0.25, -0.2) is 0 Å². The standard InChI is InChI=1S/C50H70N12O13/c1-31(2)21-36-46(68)56-29-43(66)59-38(23-34-12-6-7-13-35(34)25-51)49(71)62-45(33-10-4-3-5-11-33)50(72)61-37(22-32-9-8-14-53-26-32)47(69)55-27-41(64)54-15-16-73-17-18-74-19-20-75-30-44(67)60-39(24-40(52)63)48(70)57-28-42(65)58-36/h6-9,12-14,26,31,33,36-39,45H,3-5,10-11,15-24,27-30H2,1-2H3,(H2,52,63)(H,54,64)(H,55,69)(H,56,68)(H,57,70)(H,58,65)(H,59,66)(H,60,67)(H,61,72)(H,62,71)/t36-,37-,38-,39-,45-/m0/s1. The Morgan fingerprint density at radius 3 is 1.87 bits per heavy atom. The van der Waals surface area contributed by atoms with Crippen LogP contribution in [0, 0.1) is 23.2 Å². The molecule has 25 nitrogen and oxygen atoms in total. The van der Waals surface area contributed by atoms with Gasteiger partial charge in [0.2, 0.25) is 59.1 Å². The van der Waals surface area contributed by atoms with Crippen LogP contribution in [0.2, 0.25) is 0 Å². The number of primary amides is 1. The van der Waals surface area contributed by atoms with E-state index in [2.05, 4.69) is 58.9 Å². The van der Waals surface area contributed by atoms with E-state index in [1.165, 1.54) is 12.3 Å². The van der Waals surface area contributed by atoms with Crippen LogP contribution in [0.5, 0.6) is 0 Å². The third-order valence-electron chi connectivity index (χ3n) is 11.9. The van der Waals surface area contributed by atoms with Crippen molar-refractivity contribution in [2.75, 3.05) is 65.8 Å². The van der Waals surface area contributed by atoms with E-state index in [9.17, 15) is 53.2 Å². The second-order valence-electron chi connectivity index (χ2n) is 18.4. The van der Waals surface area contributed by atoms with E-state index in [4.69, 9.17) is 19.9 Å². The van der Waals surface area contributed by atoms with Crippen LogP contribution in [0.15, 0.2) is 48.8 Å². The number of nitrogens with zero attached hydrogens (tertiary/aromatic N) is 2. The first-order valence-electron chi connectivity index (χ1n) is 25.0. The van der Waals surface area contributed by atoms with Crippen molar-refractivity contribution in [2.45, 2.75) is 102 Å². The van der Waals surface area contributed by atoms with Gasteiger partial charge < -0.3 is 67.8 Å². The molecule has 0 radical (unpaired) electrons. The van der Waals surface area contributed by atoms with Crippen LogP contribution in [0.25, 0.3) is 0 Å². The van der Waals surface area contributed by atoms with E-state index < -0.39 is 122 Å². The van der Waals surface area contributed by atoms with Crippen LogP contribution >= 0.6 is 0 Å². The summed E-state index contributed by atoms with van der Waals surface area (Å²) in [5, 5.41) is 33.1. The van der Waals surface area contributed by atoms with Gasteiger partial charge in [-0.05, 0) is 54.4 Å². The first-order chi connectivity index (χ1) is 36.0. The SMILES string of the molecule is CC(C)C[C@@H]1NC(=O)CNC(=O)[C@H](CC(N)=O)NC(=O)COCCOCCOCCNC(=O)CNC(=O)[C@H](Cc2cccnc2)NC(=O)[C@H](C2CCCCC2)NC(=O)[C@H](Cc2ccccc2C#N)NC(=O)CNC1=O. The largest absolute Gasteiger partial charge is 0.377 e. The summed E-state index contributed by atoms with van der Waals surface area (Å²) in [6.45, 7) is 1.74. The predicted molar refractivity (Wildman–Crippen MR) is 267 cm³/mol. The topological polar surface area (TPSA) is 369 Å². The van der Waals surface area contributed by atoms with Crippen LogP contribution in [0.4, 0.5) is 0 Å². The zero-order valence-corrected chi connectivity index (χ0v) is 42.4. The third kappa shape index (κ3) is 22.6. The van der Waals surface area contributed by atoms with Crippen LogP contribution in [0.1, 0.15) is 75.5 Å². The minimum absolute atomic E-state index is 0.0256. The molecule has 1 aromatic heterocycles. The zero-order valence-electron chi connectivity index (χ0n) is 42.4. The van der Waals surface area contributed by atoms with Crippen molar-refractivity contribution in [1.82, 2.24) is 52.8 Å². The van der Waals surface area contributed by atoms with Crippen molar-refractivity contribution < 1.29 is 62.2 Å². The van der Waals surface area contributed by atoms with Crippen molar-refractivity contribution in [3.8, 4) is 6.07 Å². The fraction of sp³-hybridized carbons (Fsp3) is 0.560. The predicted octanol–water partition coefficient (Wildman–Crippen LogP) is -2.81. The van der Waals surface area contributed by atoms with Crippen molar-refractivity contribution in [1.29, 1.82) is 5.26 Å². The molecule has 10 amide bonds. The number of rotatable bonds is 9. The summed E-state index contributed by atoms with van der Waals surface area (Å²) in [7, 11) is 0. The Bertz CT molecular complexity index is 2310. The molecule has 11 N–H and O–H groups in total. The molecular weight excluding hydrogens is 977 g/mol. The van der Waals surface area contributed by atoms with E-state index in [0.717, 1.165) is 19.3 Å². The van der Waals surface area contributed by atoms with Crippen molar-refractivity contribution in [3.05, 3.63) is 65.5 Å². The van der Waals surface area contributed by atoms with E-state index in [0.29, 0.717) is 24.0 Å². The van der Waals surface area contributed by atoms with Crippen LogP contribution < -0.4 is 53.6 Å². The fourth-order valence-corrected chi connectivity index (χ4v) is 8.22. The maximum Gasteiger partial charge on any atom is 0.246 e. The normalized spacial score (nSPS) is 23.3. The summed E-state index contributed by atoms with van der Waals surface area (Å²) < 4.78 is 16.2. The second kappa shape index (κ2) is 32.6. The number of benzene rings is 1. The van der Waals surface area contributed by atoms with Gasteiger partial charge in [0.05, 0.1) is 70.7 Å². The Labute approximate surface area is 435 Å². The molecule has 0 bridgehead atoms. The fourth-order valence-electron chi connectivity index (χ4n) is 8.22. The molecule has 2 aliphatic rings. The Balaban J connectivity index is 1.59. The molecule has 1 saturated heterocycles. The number of hydrogen-bond acceptors (Lipinski definition) is 15. The van der Waals surface area contributed by atoms with Gasteiger partial charge in [0.15, 0.2) is 0 Å². The van der Waals surface area contributed by atoms with Gasteiger partial charge in [0.1, 0.15) is 36.8 Å². The first-order valence-corrected chi connectivity index (χ1v) is 25.0. The van der Waals surface area contributed by atoms with Gasteiger partial charge in [-0.2, -0.15) is 5.26 Å². The maximum absolute atomic E-state index is 14.5. The van der Waals surface area contributed by atoms with Gasteiger partial charge >= 0.3 is 0 Å². The summed E-state index contributed by atoms with van der Waals surface area (Å²) in [6, 6.07) is 5.36. The summed E-state index contributed by atoms with van der Waals surface area (Å²) in [5.41, 5.74) is 6.52. The van der Waals surface area contributed by atoms with Gasteiger partial charge in [0, 0.05) is 31.8 Å². The smallest absolute Gasteiger partial charge is 0.246 e. The Hall–Kier alpha value is -7.56. The minimum Gasteiger partial charge on any atom is -0.377 e. The molecule has 1 saturated carbocycles. The van der Waals surface area contributed by atoms with E-state index in [1.54, 1.807) is 50.4 Å². The number of nitrogens with one attached hydrogen (secondary N) is 9. The molecule has 25 heteroatoms. The van der Waals surface area contributed by atoms with E-state index in [1.807, 2.05) is 0 Å². The van der Waals surface area contributed by atoms with Gasteiger partial charge in [-0.1, -0.05) is 57.4 Å². The van der Waals surface area contributed by atoms with Gasteiger partial charge in [-0.15, -0.1) is 0 Å². The highest BCUT2D eigenvalue weighted by molar-refractivity contribution is 5.97. The summed E-state index contributed by atoms with van der Waals surface area (Å²) in [5.74, 6) is -8.33. The second-order valence-corrected chi connectivity index (χ2v) is 18.4. The number of hydrogen-bond donors (Lipinski definition) is 10. The van der Waals surface area contributed by atoms with Crippen molar-refractivity contribution in [3.63, 3.8) is 0 Å².